The third-order valence-electron chi connectivity index (χ3n) is 4.48. The van der Waals surface area contributed by atoms with Crippen molar-refractivity contribution in [3.8, 4) is 0 Å². The van der Waals surface area contributed by atoms with E-state index in [0.29, 0.717) is 13.1 Å². The van der Waals surface area contributed by atoms with Gasteiger partial charge in [0.1, 0.15) is 0 Å². The third-order valence-corrected chi connectivity index (χ3v) is 4.48. The molecule has 3 rings (SSSR count). The summed E-state index contributed by atoms with van der Waals surface area (Å²) in [6.07, 6.45) is 1.38. The lowest BCUT2D eigenvalue weighted by molar-refractivity contribution is 0.148. The molecule has 102 valence electrons. The van der Waals surface area contributed by atoms with Crippen molar-refractivity contribution in [2.45, 2.75) is 19.4 Å². The second-order valence-electron chi connectivity index (χ2n) is 5.90. The minimum Gasteiger partial charge on any atom is -0.465 e. The molecule has 1 atom stereocenters. The normalized spacial score (nSPS) is 27.3. The molecule has 4 nitrogen and oxygen atoms in total. The first kappa shape index (κ1) is 12.5. The molecule has 1 amide bonds. The SMILES string of the molecule is O=C(O)N1CCC2(CCN(Cc3ccccc3)C2)C1. The summed E-state index contributed by atoms with van der Waals surface area (Å²) >= 11 is 0. The quantitative estimate of drug-likeness (QED) is 0.887. The lowest BCUT2D eigenvalue weighted by Gasteiger charge is -2.24. The molecule has 0 bridgehead atoms. The first-order valence-corrected chi connectivity index (χ1v) is 6.91. The molecule has 1 aromatic carbocycles. The maximum atomic E-state index is 11.0. The Hall–Kier alpha value is -1.55. The van der Waals surface area contributed by atoms with Crippen molar-refractivity contribution < 1.29 is 9.90 Å². The summed E-state index contributed by atoms with van der Waals surface area (Å²) in [7, 11) is 0. The smallest absolute Gasteiger partial charge is 0.407 e. The summed E-state index contributed by atoms with van der Waals surface area (Å²) in [4.78, 5) is 15.1. The van der Waals surface area contributed by atoms with E-state index in [1.807, 2.05) is 6.07 Å². The van der Waals surface area contributed by atoms with Gasteiger partial charge in [0.05, 0.1) is 0 Å². The minimum absolute atomic E-state index is 0.215. The molecular weight excluding hydrogens is 240 g/mol. The molecule has 19 heavy (non-hydrogen) atoms. The highest BCUT2D eigenvalue weighted by molar-refractivity contribution is 5.65. The van der Waals surface area contributed by atoms with Crippen LogP contribution >= 0.6 is 0 Å². The van der Waals surface area contributed by atoms with Gasteiger partial charge in [0.25, 0.3) is 0 Å². The number of nitrogens with zero attached hydrogens (tertiary/aromatic N) is 2. The van der Waals surface area contributed by atoms with E-state index in [0.717, 1.165) is 32.5 Å². The van der Waals surface area contributed by atoms with Crippen LogP contribution in [0, 0.1) is 5.41 Å². The van der Waals surface area contributed by atoms with Crippen molar-refractivity contribution in [3.05, 3.63) is 35.9 Å². The number of hydrogen-bond donors (Lipinski definition) is 1. The summed E-state index contributed by atoms with van der Waals surface area (Å²) < 4.78 is 0. The van der Waals surface area contributed by atoms with E-state index >= 15 is 0 Å². The number of amides is 1. The van der Waals surface area contributed by atoms with Crippen LogP contribution in [0.25, 0.3) is 0 Å². The van der Waals surface area contributed by atoms with Crippen LogP contribution in [0.2, 0.25) is 0 Å². The largest absolute Gasteiger partial charge is 0.465 e. The molecule has 2 aliphatic rings. The van der Waals surface area contributed by atoms with Gasteiger partial charge in [0.2, 0.25) is 0 Å². The standard InChI is InChI=1S/C15H20N2O2/c18-14(19)17-9-7-15(12-17)6-8-16(11-15)10-13-4-2-1-3-5-13/h1-5H,6-12H2,(H,18,19). The van der Waals surface area contributed by atoms with Gasteiger partial charge in [-0.1, -0.05) is 30.3 Å². The van der Waals surface area contributed by atoms with Crippen molar-refractivity contribution in [2.24, 2.45) is 5.41 Å². The van der Waals surface area contributed by atoms with Crippen molar-refractivity contribution in [1.82, 2.24) is 9.80 Å². The Labute approximate surface area is 113 Å². The van der Waals surface area contributed by atoms with Crippen LogP contribution in [0.15, 0.2) is 30.3 Å². The molecular formula is C15H20N2O2. The van der Waals surface area contributed by atoms with E-state index in [4.69, 9.17) is 5.11 Å². The van der Waals surface area contributed by atoms with Crippen molar-refractivity contribution in [1.29, 1.82) is 0 Å². The number of likely N-dealkylation sites (tertiary alicyclic amines) is 2. The molecule has 0 aliphatic carbocycles. The zero-order valence-corrected chi connectivity index (χ0v) is 11.1. The van der Waals surface area contributed by atoms with Crippen LogP contribution in [0.4, 0.5) is 4.79 Å². The number of benzene rings is 1. The first-order chi connectivity index (χ1) is 9.17. The molecule has 0 radical (unpaired) electrons. The highest BCUT2D eigenvalue weighted by atomic mass is 16.4. The van der Waals surface area contributed by atoms with Gasteiger partial charge in [0, 0.05) is 31.6 Å². The highest BCUT2D eigenvalue weighted by Crippen LogP contribution is 2.39. The van der Waals surface area contributed by atoms with Gasteiger partial charge in [0.15, 0.2) is 0 Å². The van der Waals surface area contributed by atoms with Crippen molar-refractivity contribution >= 4 is 6.09 Å². The monoisotopic (exact) mass is 260 g/mol. The molecule has 2 heterocycles. The maximum Gasteiger partial charge on any atom is 0.407 e. The van der Waals surface area contributed by atoms with Crippen molar-refractivity contribution in [2.75, 3.05) is 26.2 Å². The summed E-state index contributed by atoms with van der Waals surface area (Å²) in [5, 5.41) is 9.07. The second kappa shape index (κ2) is 4.85. The topological polar surface area (TPSA) is 43.8 Å². The summed E-state index contributed by atoms with van der Waals surface area (Å²) in [5.74, 6) is 0. The number of hydrogen-bond acceptors (Lipinski definition) is 2. The Balaban J connectivity index is 1.60. The van der Waals surface area contributed by atoms with Crippen LogP contribution in [0.3, 0.4) is 0 Å². The van der Waals surface area contributed by atoms with Gasteiger partial charge >= 0.3 is 6.09 Å². The molecule has 1 aromatic rings. The van der Waals surface area contributed by atoms with Crippen molar-refractivity contribution in [3.63, 3.8) is 0 Å². The average Bonchev–Trinajstić information content (AvgIpc) is 2.99. The van der Waals surface area contributed by atoms with E-state index in [2.05, 4.69) is 29.2 Å². The van der Waals surface area contributed by atoms with Crippen LogP contribution in [-0.4, -0.2) is 47.2 Å². The fourth-order valence-corrected chi connectivity index (χ4v) is 3.44. The van der Waals surface area contributed by atoms with E-state index in [1.165, 1.54) is 5.56 Å². The predicted octanol–water partition coefficient (Wildman–Crippen LogP) is 2.26. The first-order valence-electron chi connectivity index (χ1n) is 6.91. The van der Waals surface area contributed by atoms with Gasteiger partial charge in [-0.2, -0.15) is 0 Å². The van der Waals surface area contributed by atoms with Crippen LogP contribution in [-0.2, 0) is 6.54 Å². The molecule has 1 N–H and O–H groups in total. The van der Waals surface area contributed by atoms with Crippen LogP contribution < -0.4 is 0 Å². The molecule has 0 saturated carbocycles. The average molecular weight is 260 g/mol. The van der Waals surface area contributed by atoms with Gasteiger partial charge in [-0.3, -0.25) is 4.90 Å². The number of carbonyl (C=O) groups is 1. The summed E-state index contributed by atoms with van der Waals surface area (Å²) in [6.45, 7) is 4.52. The van der Waals surface area contributed by atoms with E-state index in [1.54, 1.807) is 4.90 Å². The van der Waals surface area contributed by atoms with Gasteiger partial charge in [-0.05, 0) is 24.9 Å². The summed E-state index contributed by atoms with van der Waals surface area (Å²) in [6, 6.07) is 10.5. The zero-order valence-electron chi connectivity index (χ0n) is 11.1. The molecule has 2 aliphatic heterocycles. The fourth-order valence-electron chi connectivity index (χ4n) is 3.44. The fraction of sp³-hybridized carbons (Fsp3) is 0.533. The van der Waals surface area contributed by atoms with Gasteiger partial charge in [-0.25, -0.2) is 4.79 Å². The van der Waals surface area contributed by atoms with Gasteiger partial charge in [-0.15, -0.1) is 0 Å². The molecule has 1 unspecified atom stereocenters. The third kappa shape index (κ3) is 2.59. The summed E-state index contributed by atoms with van der Waals surface area (Å²) in [5.41, 5.74) is 1.56. The Bertz CT molecular complexity index is 462. The highest BCUT2D eigenvalue weighted by Gasteiger charge is 2.44. The maximum absolute atomic E-state index is 11.0. The Morgan fingerprint density at radius 2 is 1.89 bits per heavy atom. The Morgan fingerprint density at radius 3 is 2.58 bits per heavy atom. The Kier molecular flexibility index (Phi) is 3.19. The second-order valence-corrected chi connectivity index (χ2v) is 5.90. The van der Waals surface area contributed by atoms with E-state index in [9.17, 15) is 4.79 Å². The lowest BCUT2D eigenvalue weighted by Crippen LogP contribution is -2.33. The van der Waals surface area contributed by atoms with Crippen LogP contribution in [0.1, 0.15) is 18.4 Å². The molecule has 1 spiro atoms. The predicted molar refractivity (Wildman–Crippen MR) is 73.0 cm³/mol. The zero-order chi connectivity index (χ0) is 13.3. The molecule has 2 saturated heterocycles. The van der Waals surface area contributed by atoms with Gasteiger partial charge < -0.3 is 10.0 Å². The van der Waals surface area contributed by atoms with Crippen LogP contribution in [0.5, 0.6) is 0 Å². The number of rotatable bonds is 2. The van der Waals surface area contributed by atoms with E-state index < -0.39 is 6.09 Å². The Morgan fingerprint density at radius 1 is 1.16 bits per heavy atom. The minimum atomic E-state index is -0.765. The number of carboxylic acid groups (broad SMARTS) is 1. The van der Waals surface area contributed by atoms with E-state index in [-0.39, 0.29) is 5.41 Å². The molecule has 4 heteroatoms. The lowest BCUT2D eigenvalue weighted by atomic mass is 9.86. The molecule has 0 aromatic heterocycles. The molecule has 2 fully saturated rings.